The van der Waals surface area contributed by atoms with E-state index in [1.165, 1.54) is 5.56 Å². The molecule has 0 saturated carbocycles. The fourth-order valence-electron chi connectivity index (χ4n) is 2.28. The Hall–Kier alpha value is -2.27. The topological polar surface area (TPSA) is 57.8 Å². The monoisotopic (exact) mass is 325 g/mol. The number of aromatic amines is 1. The number of nitrogens with one attached hydrogen (secondary N) is 2. The van der Waals surface area contributed by atoms with Crippen LogP contribution in [0.15, 0.2) is 48.5 Å². The van der Waals surface area contributed by atoms with Crippen molar-refractivity contribution in [3.05, 3.63) is 59.9 Å². The maximum absolute atomic E-state index is 12.0. The Morgan fingerprint density at radius 1 is 1.22 bits per heavy atom. The highest BCUT2D eigenvalue weighted by Crippen LogP contribution is 2.27. The summed E-state index contributed by atoms with van der Waals surface area (Å²) < 4.78 is 0. The van der Waals surface area contributed by atoms with Gasteiger partial charge in [0.1, 0.15) is 5.82 Å². The number of amides is 1. The number of hydrogen-bond donors (Lipinski definition) is 2. The molecule has 1 atom stereocenters. The van der Waals surface area contributed by atoms with E-state index in [0.29, 0.717) is 5.75 Å². The van der Waals surface area contributed by atoms with Crippen molar-refractivity contribution in [2.24, 2.45) is 0 Å². The zero-order valence-corrected chi connectivity index (χ0v) is 14.0. The Kier molecular flexibility index (Phi) is 4.67. The summed E-state index contributed by atoms with van der Waals surface area (Å²) in [6.45, 7) is 4.08. The van der Waals surface area contributed by atoms with E-state index >= 15 is 0 Å². The molecule has 0 fully saturated rings. The molecule has 23 heavy (non-hydrogen) atoms. The lowest BCUT2D eigenvalue weighted by Gasteiger charge is -2.09. The van der Waals surface area contributed by atoms with Crippen LogP contribution in [0.25, 0.3) is 11.0 Å². The molecule has 0 aliphatic heterocycles. The van der Waals surface area contributed by atoms with Gasteiger partial charge in [-0.3, -0.25) is 4.79 Å². The molecule has 0 saturated heterocycles. The highest BCUT2D eigenvalue weighted by Gasteiger charge is 2.13. The van der Waals surface area contributed by atoms with Gasteiger partial charge in [-0.25, -0.2) is 4.98 Å². The van der Waals surface area contributed by atoms with E-state index < -0.39 is 0 Å². The Morgan fingerprint density at radius 3 is 2.70 bits per heavy atom. The first kappa shape index (κ1) is 15.6. The number of para-hydroxylation sites is 2. The molecule has 3 aromatic rings. The molecule has 2 N–H and O–H groups in total. The van der Waals surface area contributed by atoms with E-state index in [1.807, 2.05) is 55.5 Å². The molecular weight excluding hydrogens is 306 g/mol. The summed E-state index contributed by atoms with van der Waals surface area (Å²) in [4.78, 5) is 19.9. The van der Waals surface area contributed by atoms with Gasteiger partial charge in [-0.1, -0.05) is 29.8 Å². The van der Waals surface area contributed by atoms with Crippen molar-refractivity contribution >= 4 is 34.4 Å². The second-order valence-electron chi connectivity index (χ2n) is 5.51. The first-order valence-electron chi connectivity index (χ1n) is 7.54. The molecule has 1 amide bonds. The number of aromatic nitrogens is 2. The standard InChI is InChI=1S/C18H19N3OS/c1-12-7-9-14(10-8-12)19-17(22)11-23-13(2)18-20-15-5-3-4-6-16(15)21-18/h3-10,13H,11H2,1-2H3,(H,19,22)(H,20,21)/t13-/m0/s1. The normalized spacial score (nSPS) is 12.3. The van der Waals surface area contributed by atoms with Crippen LogP contribution in [0.5, 0.6) is 0 Å². The summed E-state index contributed by atoms with van der Waals surface area (Å²) in [5.41, 5.74) is 3.99. The summed E-state index contributed by atoms with van der Waals surface area (Å²) >= 11 is 1.57. The van der Waals surface area contributed by atoms with Crippen LogP contribution in [0.2, 0.25) is 0 Å². The van der Waals surface area contributed by atoms with E-state index in [-0.39, 0.29) is 11.2 Å². The number of aryl methyl sites for hydroxylation is 1. The maximum atomic E-state index is 12.0. The van der Waals surface area contributed by atoms with Crippen molar-refractivity contribution in [3.63, 3.8) is 0 Å². The minimum Gasteiger partial charge on any atom is -0.341 e. The van der Waals surface area contributed by atoms with Crippen LogP contribution < -0.4 is 5.32 Å². The van der Waals surface area contributed by atoms with Crippen molar-refractivity contribution in [1.82, 2.24) is 9.97 Å². The van der Waals surface area contributed by atoms with Crippen molar-refractivity contribution < 1.29 is 4.79 Å². The molecule has 0 bridgehead atoms. The molecule has 118 valence electrons. The number of thioether (sulfide) groups is 1. The highest BCUT2D eigenvalue weighted by atomic mass is 32.2. The lowest BCUT2D eigenvalue weighted by molar-refractivity contribution is -0.113. The Labute approximate surface area is 139 Å². The molecule has 0 radical (unpaired) electrons. The first-order valence-corrected chi connectivity index (χ1v) is 8.59. The fraction of sp³-hybridized carbons (Fsp3) is 0.222. The minimum atomic E-state index is 0.00168. The Balaban J connectivity index is 1.56. The Morgan fingerprint density at radius 2 is 1.96 bits per heavy atom. The van der Waals surface area contributed by atoms with Crippen LogP contribution in [-0.2, 0) is 4.79 Å². The van der Waals surface area contributed by atoms with Gasteiger partial charge in [-0.2, -0.15) is 0 Å². The van der Waals surface area contributed by atoms with Crippen LogP contribution in [0.3, 0.4) is 0 Å². The zero-order chi connectivity index (χ0) is 16.2. The lowest BCUT2D eigenvalue weighted by Crippen LogP contribution is -2.14. The van der Waals surface area contributed by atoms with Crippen molar-refractivity contribution in [2.75, 3.05) is 11.1 Å². The van der Waals surface area contributed by atoms with Crippen molar-refractivity contribution in [1.29, 1.82) is 0 Å². The van der Waals surface area contributed by atoms with Gasteiger partial charge in [0.15, 0.2) is 0 Å². The van der Waals surface area contributed by atoms with Crippen LogP contribution in [0.1, 0.15) is 23.6 Å². The van der Waals surface area contributed by atoms with E-state index in [2.05, 4.69) is 22.2 Å². The van der Waals surface area contributed by atoms with Gasteiger partial charge in [0, 0.05) is 5.69 Å². The van der Waals surface area contributed by atoms with Crippen molar-refractivity contribution in [2.45, 2.75) is 19.1 Å². The summed E-state index contributed by atoms with van der Waals surface area (Å²) in [5.74, 6) is 1.30. The number of imidazole rings is 1. The summed E-state index contributed by atoms with van der Waals surface area (Å²) in [6.07, 6.45) is 0. The van der Waals surface area contributed by atoms with E-state index in [0.717, 1.165) is 22.5 Å². The quantitative estimate of drug-likeness (QED) is 0.735. The molecule has 5 heteroatoms. The second-order valence-corrected chi connectivity index (χ2v) is 6.84. The van der Waals surface area contributed by atoms with Gasteiger partial charge >= 0.3 is 0 Å². The maximum Gasteiger partial charge on any atom is 0.234 e. The molecule has 4 nitrogen and oxygen atoms in total. The largest absolute Gasteiger partial charge is 0.341 e. The van der Waals surface area contributed by atoms with Crippen LogP contribution >= 0.6 is 11.8 Å². The first-order chi connectivity index (χ1) is 11.1. The van der Waals surface area contributed by atoms with E-state index in [9.17, 15) is 4.79 Å². The number of benzene rings is 2. The number of hydrogen-bond acceptors (Lipinski definition) is 3. The van der Waals surface area contributed by atoms with E-state index in [1.54, 1.807) is 11.8 Å². The zero-order valence-electron chi connectivity index (χ0n) is 13.2. The molecule has 0 unspecified atom stereocenters. The van der Waals surface area contributed by atoms with Crippen LogP contribution in [0, 0.1) is 6.92 Å². The highest BCUT2D eigenvalue weighted by molar-refractivity contribution is 8.00. The third kappa shape index (κ3) is 3.93. The second kappa shape index (κ2) is 6.87. The minimum absolute atomic E-state index is 0.00168. The average Bonchev–Trinajstić information content (AvgIpc) is 2.99. The number of carbonyl (C=O) groups excluding carboxylic acids is 1. The number of carbonyl (C=O) groups is 1. The molecule has 2 aromatic carbocycles. The number of anilines is 1. The predicted octanol–water partition coefficient (Wildman–Crippen LogP) is 4.30. The molecule has 0 aliphatic carbocycles. The smallest absolute Gasteiger partial charge is 0.234 e. The number of rotatable bonds is 5. The molecule has 3 rings (SSSR count). The van der Waals surface area contributed by atoms with Gasteiger partial charge in [0.25, 0.3) is 0 Å². The van der Waals surface area contributed by atoms with Crippen LogP contribution in [-0.4, -0.2) is 21.6 Å². The number of nitrogens with zero attached hydrogens (tertiary/aromatic N) is 1. The SMILES string of the molecule is Cc1ccc(NC(=O)CS[C@@H](C)c2nc3ccccc3[nH]2)cc1. The third-order valence-electron chi connectivity index (χ3n) is 3.59. The molecular formula is C18H19N3OS. The molecule has 1 aromatic heterocycles. The van der Waals surface area contributed by atoms with Gasteiger partial charge < -0.3 is 10.3 Å². The number of fused-ring (bicyclic) bond motifs is 1. The molecule has 0 aliphatic rings. The van der Waals surface area contributed by atoms with Gasteiger partial charge in [0.05, 0.1) is 22.0 Å². The van der Waals surface area contributed by atoms with Gasteiger partial charge in [0.2, 0.25) is 5.91 Å². The summed E-state index contributed by atoms with van der Waals surface area (Å²) in [5, 5.41) is 3.04. The molecule has 1 heterocycles. The fourth-order valence-corrected chi connectivity index (χ4v) is 3.02. The summed E-state index contributed by atoms with van der Waals surface area (Å²) in [7, 11) is 0. The lowest BCUT2D eigenvalue weighted by atomic mass is 10.2. The van der Waals surface area contributed by atoms with Crippen LogP contribution in [0.4, 0.5) is 5.69 Å². The van der Waals surface area contributed by atoms with Gasteiger partial charge in [-0.05, 0) is 38.1 Å². The number of H-pyrrole nitrogens is 1. The third-order valence-corrected chi connectivity index (χ3v) is 4.74. The molecule has 0 spiro atoms. The summed E-state index contributed by atoms with van der Waals surface area (Å²) in [6, 6.07) is 15.8. The average molecular weight is 325 g/mol. The Bertz CT molecular complexity index is 778. The van der Waals surface area contributed by atoms with E-state index in [4.69, 9.17) is 0 Å². The van der Waals surface area contributed by atoms with Gasteiger partial charge in [-0.15, -0.1) is 11.8 Å². The van der Waals surface area contributed by atoms with Crippen molar-refractivity contribution in [3.8, 4) is 0 Å². The predicted molar refractivity (Wildman–Crippen MR) is 96.8 cm³/mol.